The van der Waals surface area contributed by atoms with Crippen molar-refractivity contribution in [3.63, 3.8) is 0 Å². The van der Waals surface area contributed by atoms with E-state index < -0.39 is 0 Å². The molecule has 4 heterocycles. The van der Waals surface area contributed by atoms with Crippen LogP contribution in [0.1, 0.15) is 29.9 Å². The highest BCUT2D eigenvalue weighted by Gasteiger charge is 2.41. The number of pyridine rings is 1. The Labute approximate surface area is 209 Å². The first-order valence-corrected chi connectivity index (χ1v) is 12.2. The predicted octanol–water partition coefficient (Wildman–Crippen LogP) is 3.48. The molecule has 2 aliphatic rings. The van der Waals surface area contributed by atoms with Gasteiger partial charge in [-0.05, 0) is 55.0 Å². The highest BCUT2D eigenvalue weighted by atomic mass is 32.1. The molecule has 10 heteroatoms. The van der Waals surface area contributed by atoms with Crippen molar-refractivity contribution in [3.05, 3.63) is 88.5 Å². The Kier molecular flexibility index (Phi) is 7.03. The number of nitrogens with zero attached hydrogens (tertiary/aromatic N) is 5. The van der Waals surface area contributed by atoms with Gasteiger partial charge in [-0.3, -0.25) is 20.0 Å². The van der Waals surface area contributed by atoms with Gasteiger partial charge in [0.05, 0.1) is 35.9 Å². The van der Waals surface area contributed by atoms with Crippen molar-refractivity contribution in [1.29, 1.82) is 0 Å². The van der Waals surface area contributed by atoms with Gasteiger partial charge in [-0.1, -0.05) is 6.07 Å². The molecule has 0 bridgehead atoms. The number of hydrogen-bond donors (Lipinski definition) is 1. The number of thiocarbonyl (C=S) groups is 1. The Morgan fingerprint density at radius 3 is 2.60 bits per heavy atom. The molecular formula is C25H28N6O3S. The number of non-ortho nitro benzene ring substituents is 1. The first-order valence-electron chi connectivity index (χ1n) is 11.8. The van der Waals surface area contributed by atoms with Gasteiger partial charge in [0.15, 0.2) is 5.11 Å². The molecule has 1 aromatic carbocycles. The summed E-state index contributed by atoms with van der Waals surface area (Å²) in [6.07, 6.45) is 4.76. The molecule has 2 fully saturated rings. The van der Waals surface area contributed by atoms with Gasteiger partial charge in [0.1, 0.15) is 0 Å². The molecule has 0 radical (unpaired) electrons. The molecule has 0 saturated carbocycles. The van der Waals surface area contributed by atoms with E-state index >= 15 is 0 Å². The lowest BCUT2D eigenvalue weighted by molar-refractivity contribution is -0.384. The molecule has 9 nitrogen and oxygen atoms in total. The molecule has 1 N–H and O–H groups in total. The lowest BCUT2D eigenvalue weighted by atomic mass is 10.0. The second-order valence-corrected chi connectivity index (χ2v) is 9.09. The number of aromatic nitrogens is 2. The summed E-state index contributed by atoms with van der Waals surface area (Å²) in [5, 5.41) is 15.3. The van der Waals surface area contributed by atoms with Crippen LogP contribution in [0, 0.1) is 10.1 Å². The fourth-order valence-electron chi connectivity index (χ4n) is 4.86. The maximum Gasteiger partial charge on any atom is 0.269 e. The van der Waals surface area contributed by atoms with E-state index in [9.17, 15) is 10.1 Å². The third kappa shape index (κ3) is 5.04. The molecule has 2 aliphatic heterocycles. The summed E-state index contributed by atoms with van der Waals surface area (Å²) in [6, 6.07) is 16.4. The maximum absolute atomic E-state index is 11.1. The van der Waals surface area contributed by atoms with Gasteiger partial charge < -0.3 is 19.5 Å². The molecule has 3 aromatic rings. The van der Waals surface area contributed by atoms with Gasteiger partial charge >= 0.3 is 0 Å². The minimum Gasteiger partial charge on any atom is -0.379 e. The van der Waals surface area contributed by atoms with Crippen molar-refractivity contribution in [3.8, 4) is 5.69 Å². The molecule has 2 aromatic heterocycles. The Morgan fingerprint density at radius 2 is 1.89 bits per heavy atom. The fraction of sp³-hybridized carbons (Fsp3) is 0.360. The van der Waals surface area contributed by atoms with Crippen molar-refractivity contribution in [2.75, 3.05) is 39.4 Å². The van der Waals surface area contributed by atoms with Crippen LogP contribution in [0.15, 0.2) is 67.0 Å². The molecule has 182 valence electrons. The van der Waals surface area contributed by atoms with E-state index in [1.807, 2.05) is 30.5 Å². The number of nitrogens with one attached hydrogen (secondary N) is 1. The number of nitro benzene ring substituents is 1. The van der Waals surface area contributed by atoms with Crippen LogP contribution in [0.2, 0.25) is 0 Å². The molecule has 35 heavy (non-hydrogen) atoms. The number of morpholine rings is 1. The Hall–Kier alpha value is -3.34. The predicted molar refractivity (Wildman–Crippen MR) is 136 cm³/mol. The van der Waals surface area contributed by atoms with Crippen molar-refractivity contribution < 1.29 is 9.66 Å². The Bertz CT molecular complexity index is 1160. The second-order valence-electron chi connectivity index (χ2n) is 8.70. The van der Waals surface area contributed by atoms with Gasteiger partial charge in [0.2, 0.25) is 0 Å². The number of benzene rings is 1. The smallest absolute Gasteiger partial charge is 0.269 e. The number of rotatable bonds is 8. The average molecular weight is 493 g/mol. The minimum atomic E-state index is -0.382. The Morgan fingerprint density at radius 1 is 1.09 bits per heavy atom. The van der Waals surface area contributed by atoms with E-state index in [4.69, 9.17) is 17.0 Å². The SMILES string of the molecule is O=[N+]([O-])c1ccc(-n2cccc2[C@H]2[C@H](c3ccccn3)NC(=S)N2CCCN2CCOCC2)cc1. The van der Waals surface area contributed by atoms with E-state index in [1.165, 1.54) is 12.1 Å². The standard InChI is InChI=1S/C25H28N6O3S/c32-31(33)20-9-7-19(8-10-20)29-13-3-6-22(29)24-23(21-5-1-2-11-26-21)27-25(35)30(24)14-4-12-28-15-17-34-18-16-28/h1-3,5-11,13,23-24H,4,12,14-18H2,(H,27,35)/t23-,24-/m0/s1. The molecular weight excluding hydrogens is 464 g/mol. The van der Waals surface area contributed by atoms with E-state index in [0.717, 1.165) is 62.9 Å². The van der Waals surface area contributed by atoms with Crippen LogP contribution in [-0.2, 0) is 4.74 Å². The lowest BCUT2D eigenvalue weighted by Gasteiger charge is -2.31. The van der Waals surface area contributed by atoms with E-state index in [1.54, 1.807) is 18.3 Å². The zero-order valence-electron chi connectivity index (χ0n) is 19.3. The number of hydrogen-bond acceptors (Lipinski definition) is 6. The summed E-state index contributed by atoms with van der Waals surface area (Å²) in [6.45, 7) is 5.31. The van der Waals surface area contributed by atoms with Gasteiger partial charge in [-0.2, -0.15) is 0 Å². The minimum absolute atomic E-state index is 0.0715. The zero-order chi connectivity index (χ0) is 24.2. The molecule has 0 aliphatic carbocycles. The van der Waals surface area contributed by atoms with Crippen molar-refractivity contribution >= 4 is 23.0 Å². The van der Waals surface area contributed by atoms with Crippen LogP contribution in [-0.4, -0.2) is 68.8 Å². The van der Waals surface area contributed by atoms with Crippen LogP contribution < -0.4 is 5.32 Å². The first kappa shape index (κ1) is 23.4. The monoisotopic (exact) mass is 492 g/mol. The summed E-state index contributed by atoms with van der Waals surface area (Å²) >= 11 is 5.81. The van der Waals surface area contributed by atoms with Crippen molar-refractivity contribution in [1.82, 2.24) is 24.7 Å². The van der Waals surface area contributed by atoms with Crippen molar-refractivity contribution in [2.24, 2.45) is 0 Å². The highest BCUT2D eigenvalue weighted by Crippen LogP contribution is 2.39. The molecule has 2 saturated heterocycles. The first-order chi connectivity index (χ1) is 17.1. The topological polar surface area (TPSA) is 88.7 Å². The largest absolute Gasteiger partial charge is 0.379 e. The summed E-state index contributed by atoms with van der Waals surface area (Å²) < 4.78 is 7.55. The van der Waals surface area contributed by atoms with Crippen LogP contribution in [0.5, 0.6) is 0 Å². The summed E-state index contributed by atoms with van der Waals surface area (Å²) in [5.41, 5.74) is 2.91. The third-order valence-electron chi connectivity index (χ3n) is 6.60. The van der Waals surface area contributed by atoms with Crippen LogP contribution in [0.25, 0.3) is 5.69 Å². The average Bonchev–Trinajstić information content (AvgIpc) is 3.50. The zero-order valence-corrected chi connectivity index (χ0v) is 20.1. The summed E-state index contributed by atoms with van der Waals surface area (Å²) in [7, 11) is 0. The molecule has 5 rings (SSSR count). The molecule has 0 amide bonds. The van der Waals surface area contributed by atoms with Gasteiger partial charge in [-0.15, -0.1) is 0 Å². The van der Waals surface area contributed by atoms with Gasteiger partial charge in [-0.25, -0.2) is 0 Å². The summed E-state index contributed by atoms with van der Waals surface area (Å²) in [4.78, 5) is 20.0. The van der Waals surface area contributed by atoms with Crippen LogP contribution in [0.4, 0.5) is 5.69 Å². The Balaban J connectivity index is 1.44. The van der Waals surface area contributed by atoms with E-state index in [2.05, 4.69) is 30.7 Å². The number of nitro groups is 1. The third-order valence-corrected chi connectivity index (χ3v) is 6.95. The lowest BCUT2D eigenvalue weighted by Crippen LogP contribution is -2.39. The van der Waals surface area contributed by atoms with E-state index in [0.29, 0.717) is 5.11 Å². The quantitative estimate of drug-likeness (QED) is 0.291. The summed E-state index contributed by atoms with van der Waals surface area (Å²) in [5.74, 6) is 0. The highest BCUT2D eigenvalue weighted by molar-refractivity contribution is 7.80. The normalized spacial score (nSPS) is 20.7. The number of ether oxygens (including phenoxy) is 1. The van der Waals surface area contributed by atoms with Crippen LogP contribution >= 0.6 is 12.2 Å². The second kappa shape index (κ2) is 10.5. The van der Waals surface area contributed by atoms with Gasteiger partial charge in [0, 0.05) is 62.1 Å². The van der Waals surface area contributed by atoms with Crippen LogP contribution in [0.3, 0.4) is 0 Å². The van der Waals surface area contributed by atoms with E-state index in [-0.39, 0.29) is 22.7 Å². The molecule has 0 unspecified atom stereocenters. The maximum atomic E-state index is 11.1. The molecule has 0 spiro atoms. The van der Waals surface area contributed by atoms with Crippen molar-refractivity contribution in [2.45, 2.75) is 18.5 Å². The van der Waals surface area contributed by atoms with Gasteiger partial charge in [0.25, 0.3) is 5.69 Å². The fourth-order valence-corrected chi connectivity index (χ4v) is 5.19. The molecule has 2 atom stereocenters.